The Hall–Kier alpha value is -2.53. The topological polar surface area (TPSA) is 91.0 Å². The van der Waals surface area contributed by atoms with Crippen molar-refractivity contribution in [1.29, 1.82) is 0 Å². The molecule has 3 amide bonds. The summed E-state index contributed by atoms with van der Waals surface area (Å²) >= 11 is 7.15. The summed E-state index contributed by atoms with van der Waals surface area (Å²) in [5, 5.41) is 5.61. The average molecular weight is 549 g/mol. The van der Waals surface area contributed by atoms with Crippen LogP contribution >= 0.6 is 22.9 Å². The molecule has 1 aromatic carbocycles. The van der Waals surface area contributed by atoms with Crippen molar-refractivity contribution in [3.8, 4) is 0 Å². The summed E-state index contributed by atoms with van der Waals surface area (Å²) in [5.41, 5.74) is 0.458. The Kier molecular flexibility index (Phi) is 8.09. The Morgan fingerprint density at radius 3 is 2.49 bits per heavy atom. The maximum Gasteiger partial charge on any atom is 0.261 e. The van der Waals surface area contributed by atoms with Gasteiger partial charge >= 0.3 is 0 Å². The molecule has 3 fully saturated rings. The van der Waals surface area contributed by atoms with Crippen LogP contribution in [0.5, 0.6) is 0 Å². The fourth-order valence-corrected chi connectivity index (χ4v) is 5.43. The van der Waals surface area contributed by atoms with Crippen LogP contribution in [-0.2, 0) is 14.3 Å². The van der Waals surface area contributed by atoms with E-state index in [1.165, 1.54) is 28.4 Å². The number of carbonyl (C=O) groups is 3. The average Bonchev–Trinajstić information content (AvgIpc) is 3.81. The van der Waals surface area contributed by atoms with E-state index in [9.17, 15) is 14.4 Å². The standard InChI is InChI=1S/C26H30ClFN4O4S/c27-23-8-7-22(37-23)26(35)29-12-21(31(13-16-1-2-16)14-17-3-4-17)25(34)30-20-6-5-18(11-19(20)28)32-9-10-36-15-24(32)33/h5-8,11,16-17,21H,1-4,9-10,12-15H2,(H,29,35)(H,30,34)/t21-/m0/s1. The molecule has 2 saturated carbocycles. The minimum atomic E-state index is -0.652. The fraction of sp³-hybridized carbons (Fsp3) is 0.500. The maximum atomic E-state index is 15.1. The summed E-state index contributed by atoms with van der Waals surface area (Å²) in [5.74, 6) is -0.442. The number of carbonyl (C=O) groups excluding carboxylic acids is 3. The highest BCUT2D eigenvalue weighted by Gasteiger charge is 2.36. The third-order valence-electron chi connectivity index (χ3n) is 6.88. The summed E-state index contributed by atoms with van der Waals surface area (Å²) in [7, 11) is 0. The first-order valence-electron chi connectivity index (χ1n) is 12.6. The van der Waals surface area contributed by atoms with E-state index in [2.05, 4.69) is 15.5 Å². The number of benzene rings is 1. The minimum absolute atomic E-state index is 0.0358. The molecule has 1 saturated heterocycles. The van der Waals surface area contributed by atoms with Gasteiger partial charge in [0.25, 0.3) is 11.8 Å². The molecular formula is C26H30ClFN4O4S. The van der Waals surface area contributed by atoms with Gasteiger partial charge in [0.2, 0.25) is 5.91 Å². The van der Waals surface area contributed by atoms with E-state index in [4.69, 9.17) is 16.3 Å². The first-order valence-corrected chi connectivity index (χ1v) is 13.8. The lowest BCUT2D eigenvalue weighted by Crippen LogP contribution is -2.52. The Bertz CT molecular complexity index is 1160. The quantitative estimate of drug-likeness (QED) is 0.446. The van der Waals surface area contributed by atoms with E-state index in [1.807, 2.05) is 0 Å². The molecule has 2 aliphatic carbocycles. The van der Waals surface area contributed by atoms with Crippen molar-refractivity contribution in [2.24, 2.45) is 11.8 Å². The second-order valence-electron chi connectivity index (χ2n) is 9.92. The Morgan fingerprint density at radius 2 is 1.89 bits per heavy atom. The second-order valence-corrected chi connectivity index (χ2v) is 11.6. The number of hydrogen-bond acceptors (Lipinski definition) is 6. The first-order chi connectivity index (χ1) is 17.9. The van der Waals surface area contributed by atoms with Gasteiger partial charge < -0.3 is 20.3 Å². The van der Waals surface area contributed by atoms with Crippen LogP contribution in [0.15, 0.2) is 30.3 Å². The molecule has 0 bridgehead atoms. The van der Waals surface area contributed by atoms with Gasteiger partial charge in [-0.2, -0.15) is 0 Å². The summed E-state index contributed by atoms with van der Waals surface area (Å²) < 4.78 is 20.7. The van der Waals surface area contributed by atoms with Crippen molar-refractivity contribution in [3.63, 3.8) is 0 Å². The van der Waals surface area contributed by atoms with E-state index in [1.54, 1.807) is 18.2 Å². The molecular weight excluding hydrogens is 519 g/mol. The Morgan fingerprint density at radius 1 is 1.16 bits per heavy atom. The summed E-state index contributed by atoms with van der Waals surface area (Å²) in [6.45, 7) is 2.34. The second kappa shape index (κ2) is 11.5. The SMILES string of the molecule is O=C(NC[C@@H](C(=O)Nc1ccc(N2CCOCC2=O)cc1F)N(CC1CC1)CC1CC1)c1ccc(Cl)s1. The smallest absolute Gasteiger partial charge is 0.261 e. The number of hydrogen-bond donors (Lipinski definition) is 2. The number of halogens is 2. The van der Waals surface area contributed by atoms with E-state index in [0.29, 0.717) is 39.9 Å². The van der Waals surface area contributed by atoms with Crippen LogP contribution < -0.4 is 15.5 Å². The van der Waals surface area contributed by atoms with Gasteiger partial charge in [0.05, 0.1) is 21.5 Å². The minimum Gasteiger partial charge on any atom is -0.370 e. The largest absolute Gasteiger partial charge is 0.370 e. The van der Waals surface area contributed by atoms with E-state index in [0.717, 1.165) is 38.8 Å². The lowest BCUT2D eigenvalue weighted by atomic mass is 10.1. The van der Waals surface area contributed by atoms with Crippen molar-refractivity contribution in [1.82, 2.24) is 10.2 Å². The van der Waals surface area contributed by atoms with Crippen molar-refractivity contribution in [3.05, 3.63) is 45.4 Å². The van der Waals surface area contributed by atoms with Crippen LogP contribution in [0.1, 0.15) is 35.4 Å². The number of ether oxygens (including phenoxy) is 1. The van der Waals surface area contributed by atoms with Crippen LogP contribution in [0.2, 0.25) is 4.34 Å². The third kappa shape index (κ3) is 6.87. The molecule has 1 atom stereocenters. The summed E-state index contributed by atoms with van der Waals surface area (Å²) in [6, 6.07) is 7.00. The van der Waals surface area contributed by atoms with Crippen molar-refractivity contribution in [2.45, 2.75) is 31.7 Å². The number of anilines is 2. The third-order valence-corrected chi connectivity index (χ3v) is 8.11. The van der Waals surface area contributed by atoms with E-state index >= 15 is 4.39 Å². The number of thiophene rings is 1. The number of nitrogens with zero attached hydrogens (tertiary/aromatic N) is 2. The summed E-state index contributed by atoms with van der Waals surface area (Å²) in [4.78, 5) is 42.4. The highest BCUT2D eigenvalue weighted by atomic mass is 35.5. The van der Waals surface area contributed by atoms with Crippen molar-refractivity contribution >= 4 is 52.0 Å². The molecule has 2 N–H and O–H groups in total. The van der Waals surface area contributed by atoms with Crippen LogP contribution in [0.3, 0.4) is 0 Å². The molecule has 3 aliphatic rings. The molecule has 0 spiro atoms. The highest BCUT2D eigenvalue weighted by Crippen LogP contribution is 2.35. The number of morpholine rings is 1. The molecule has 11 heteroatoms. The molecule has 198 valence electrons. The highest BCUT2D eigenvalue weighted by molar-refractivity contribution is 7.18. The van der Waals surface area contributed by atoms with Gasteiger partial charge in [0, 0.05) is 31.9 Å². The molecule has 37 heavy (non-hydrogen) atoms. The van der Waals surface area contributed by atoms with Crippen molar-refractivity contribution in [2.75, 3.05) is 49.6 Å². The maximum absolute atomic E-state index is 15.1. The molecule has 0 radical (unpaired) electrons. The van der Waals surface area contributed by atoms with E-state index < -0.39 is 11.9 Å². The summed E-state index contributed by atoms with van der Waals surface area (Å²) in [6.07, 6.45) is 4.52. The molecule has 5 rings (SSSR count). The van der Waals surface area contributed by atoms with Crippen LogP contribution in [0.4, 0.5) is 15.8 Å². The van der Waals surface area contributed by atoms with Gasteiger partial charge in [-0.15, -0.1) is 11.3 Å². The molecule has 8 nitrogen and oxygen atoms in total. The van der Waals surface area contributed by atoms with Crippen molar-refractivity contribution < 1.29 is 23.5 Å². The molecule has 2 heterocycles. The number of nitrogens with one attached hydrogen (secondary N) is 2. The van der Waals surface area contributed by atoms with Gasteiger partial charge in [-0.05, 0) is 67.9 Å². The predicted molar refractivity (Wildman–Crippen MR) is 141 cm³/mol. The molecule has 2 aromatic rings. The fourth-order valence-electron chi connectivity index (χ4n) is 4.47. The molecule has 1 aliphatic heterocycles. The van der Waals surface area contributed by atoms with E-state index in [-0.39, 0.29) is 36.6 Å². The number of amides is 3. The zero-order chi connectivity index (χ0) is 25.9. The zero-order valence-corrected chi connectivity index (χ0v) is 22.0. The first kappa shape index (κ1) is 26.1. The molecule has 1 aromatic heterocycles. The van der Waals surface area contributed by atoms with Gasteiger partial charge in [0.15, 0.2) is 0 Å². The monoisotopic (exact) mass is 548 g/mol. The van der Waals surface area contributed by atoms with Gasteiger partial charge in [-0.1, -0.05) is 11.6 Å². The number of rotatable bonds is 11. The Labute approximate surface area is 224 Å². The Balaban J connectivity index is 1.31. The van der Waals surface area contributed by atoms with Gasteiger partial charge in [0.1, 0.15) is 18.5 Å². The van der Waals surface area contributed by atoms with Crippen LogP contribution in [0, 0.1) is 17.7 Å². The van der Waals surface area contributed by atoms with Gasteiger partial charge in [-0.25, -0.2) is 4.39 Å². The predicted octanol–water partition coefficient (Wildman–Crippen LogP) is 3.76. The molecule has 0 unspecified atom stereocenters. The zero-order valence-electron chi connectivity index (χ0n) is 20.4. The van der Waals surface area contributed by atoms with Gasteiger partial charge in [-0.3, -0.25) is 19.3 Å². The lowest BCUT2D eigenvalue weighted by Gasteiger charge is -2.31. The normalized spacial score (nSPS) is 18.7. The lowest BCUT2D eigenvalue weighted by molar-refractivity contribution is -0.125. The van der Waals surface area contributed by atoms with Crippen LogP contribution in [-0.4, -0.2) is 68.1 Å². The van der Waals surface area contributed by atoms with Crippen LogP contribution in [0.25, 0.3) is 0 Å².